The molecule has 1 aromatic rings. The number of benzene rings is 1. The Morgan fingerprint density at radius 3 is 2.45 bits per heavy atom. The number of hydrogen-bond acceptors (Lipinski definition) is 4. The number of primary sulfonamides is 1. The minimum absolute atomic E-state index is 0.0143. The molecule has 0 aliphatic carbocycles. The fraction of sp³-hybridized carbons (Fsp3) is 0.571. The number of nitrogens with zero attached hydrogens (tertiary/aromatic N) is 1. The number of nitrogen functional groups attached to an aromatic ring is 1. The Kier molecular flexibility index (Phi) is 3.97. The SMILES string of the molecule is CCC1(CC)CCN(c2cccc(S(N)(=O)=O)c2N)C1. The maximum atomic E-state index is 11.5. The quantitative estimate of drug-likeness (QED) is 0.831. The number of nitrogens with two attached hydrogens (primary N) is 2. The summed E-state index contributed by atoms with van der Waals surface area (Å²) in [7, 11) is -3.78. The fourth-order valence-corrected chi connectivity index (χ4v) is 3.70. The Morgan fingerprint density at radius 1 is 1.30 bits per heavy atom. The topological polar surface area (TPSA) is 89.4 Å². The second-order valence-electron chi connectivity index (χ2n) is 5.61. The Morgan fingerprint density at radius 2 is 1.95 bits per heavy atom. The van der Waals surface area contributed by atoms with Gasteiger partial charge in [0.25, 0.3) is 0 Å². The summed E-state index contributed by atoms with van der Waals surface area (Å²) in [6.45, 7) is 6.23. The number of sulfonamides is 1. The zero-order chi connectivity index (χ0) is 15.0. The van der Waals surface area contributed by atoms with Crippen LogP contribution in [0, 0.1) is 5.41 Å². The van der Waals surface area contributed by atoms with E-state index in [1.54, 1.807) is 6.07 Å². The van der Waals surface area contributed by atoms with E-state index in [1.165, 1.54) is 6.07 Å². The smallest absolute Gasteiger partial charge is 0.240 e. The van der Waals surface area contributed by atoms with Crippen LogP contribution in [0.2, 0.25) is 0 Å². The first-order valence-electron chi connectivity index (χ1n) is 6.99. The molecular formula is C14H23N3O2S. The average molecular weight is 297 g/mol. The molecule has 5 nitrogen and oxygen atoms in total. The Hall–Kier alpha value is -1.27. The molecule has 20 heavy (non-hydrogen) atoms. The lowest BCUT2D eigenvalue weighted by molar-refractivity contribution is 0.301. The van der Waals surface area contributed by atoms with E-state index >= 15 is 0 Å². The second-order valence-corrected chi connectivity index (χ2v) is 7.14. The first-order valence-corrected chi connectivity index (χ1v) is 8.54. The van der Waals surface area contributed by atoms with Gasteiger partial charge in [-0.3, -0.25) is 0 Å². The summed E-state index contributed by atoms with van der Waals surface area (Å²) in [5.41, 5.74) is 7.37. The van der Waals surface area contributed by atoms with E-state index in [-0.39, 0.29) is 10.6 Å². The normalized spacial score (nSPS) is 18.4. The molecule has 1 aliphatic rings. The van der Waals surface area contributed by atoms with E-state index in [4.69, 9.17) is 10.9 Å². The van der Waals surface area contributed by atoms with Gasteiger partial charge in [0.2, 0.25) is 10.0 Å². The molecule has 112 valence electrons. The van der Waals surface area contributed by atoms with Crippen molar-refractivity contribution in [2.75, 3.05) is 23.7 Å². The summed E-state index contributed by atoms with van der Waals surface area (Å²) in [5, 5.41) is 5.20. The predicted molar refractivity (Wildman–Crippen MR) is 82.1 cm³/mol. The first-order chi connectivity index (χ1) is 9.33. The van der Waals surface area contributed by atoms with Crippen LogP contribution in [-0.2, 0) is 10.0 Å². The molecule has 0 bridgehead atoms. The van der Waals surface area contributed by atoms with Gasteiger partial charge >= 0.3 is 0 Å². The molecule has 0 unspecified atom stereocenters. The third kappa shape index (κ3) is 2.62. The molecular weight excluding hydrogens is 274 g/mol. The van der Waals surface area contributed by atoms with Gasteiger partial charge in [-0.15, -0.1) is 0 Å². The van der Waals surface area contributed by atoms with Crippen LogP contribution in [0.4, 0.5) is 11.4 Å². The van der Waals surface area contributed by atoms with Crippen molar-refractivity contribution in [1.82, 2.24) is 0 Å². The highest BCUT2D eigenvalue weighted by atomic mass is 32.2. The van der Waals surface area contributed by atoms with Gasteiger partial charge in [-0.25, -0.2) is 13.6 Å². The lowest BCUT2D eigenvalue weighted by Crippen LogP contribution is -2.27. The molecule has 1 aliphatic heterocycles. The van der Waals surface area contributed by atoms with E-state index in [0.717, 1.165) is 38.0 Å². The molecule has 2 rings (SSSR count). The van der Waals surface area contributed by atoms with Crippen LogP contribution < -0.4 is 15.8 Å². The predicted octanol–water partition coefficient (Wildman–Crippen LogP) is 1.93. The maximum absolute atomic E-state index is 11.5. The molecule has 1 fully saturated rings. The molecule has 1 saturated heterocycles. The van der Waals surface area contributed by atoms with Gasteiger partial charge in [-0.1, -0.05) is 19.9 Å². The number of rotatable bonds is 4. The summed E-state index contributed by atoms with van der Waals surface area (Å²) in [6, 6.07) is 5.02. The number of para-hydroxylation sites is 1. The van der Waals surface area contributed by atoms with Crippen molar-refractivity contribution in [3.8, 4) is 0 Å². The second kappa shape index (κ2) is 5.26. The number of hydrogen-bond donors (Lipinski definition) is 2. The van der Waals surface area contributed by atoms with E-state index in [2.05, 4.69) is 18.7 Å². The van der Waals surface area contributed by atoms with Crippen molar-refractivity contribution in [2.24, 2.45) is 10.6 Å². The van der Waals surface area contributed by atoms with E-state index in [0.29, 0.717) is 5.41 Å². The fourth-order valence-electron chi connectivity index (χ4n) is 3.02. The van der Waals surface area contributed by atoms with Crippen molar-refractivity contribution in [2.45, 2.75) is 38.0 Å². The van der Waals surface area contributed by atoms with Crippen molar-refractivity contribution in [1.29, 1.82) is 0 Å². The van der Waals surface area contributed by atoms with Crippen LogP contribution in [-0.4, -0.2) is 21.5 Å². The highest BCUT2D eigenvalue weighted by molar-refractivity contribution is 7.89. The molecule has 0 saturated carbocycles. The van der Waals surface area contributed by atoms with Crippen molar-refractivity contribution < 1.29 is 8.42 Å². The van der Waals surface area contributed by atoms with Gasteiger partial charge in [0.05, 0.1) is 11.4 Å². The monoisotopic (exact) mass is 297 g/mol. The Labute approximate surface area is 121 Å². The van der Waals surface area contributed by atoms with E-state index in [1.807, 2.05) is 6.07 Å². The standard InChI is InChI=1S/C14H23N3O2S/c1-3-14(4-2)8-9-17(10-14)11-6-5-7-12(13(11)15)20(16,18)19/h5-7H,3-4,8-10,15H2,1-2H3,(H2,16,18,19). The van der Waals surface area contributed by atoms with E-state index < -0.39 is 10.0 Å². The van der Waals surface area contributed by atoms with Gasteiger partial charge in [-0.05, 0) is 36.8 Å². The molecule has 0 amide bonds. The lowest BCUT2D eigenvalue weighted by atomic mass is 9.82. The molecule has 0 radical (unpaired) electrons. The average Bonchev–Trinajstić information content (AvgIpc) is 2.82. The first kappa shape index (κ1) is 15.1. The highest BCUT2D eigenvalue weighted by Crippen LogP contribution is 2.41. The summed E-state index contributed by atoms with van der Waals surface area (Å²) in [6.07, 6.45) is 3.35. The molecule has 6 heteroatoms. The summed E-state index contributed by atoms with van der Waals surface area (Å²) in [4.78, 5) is 2.19. The van der Waals surface area contributed by atoms with Crippen molar-refractivity contribution >= 4 is 21.4 Å². The summed E-state index contributed by atoms with van der Waals surface area (Å²) in [5.74, 6) is 0. The molecule has 0 spiro atoms. The van der Waals surface area contributed by atoms with Crippen LogP contribution in [0.1, 0.15) is 33.1 Å². The number of anilines is 2. The zero-order valence-electron chi connectivity index (χ0n) is 12.1. The minimum Gasteiger partial charge on any atom is -0.396 e. The largest absolute Gasteiger partial charge is 0.396 e. The maximum Gasteiger partial charge on any atom is 0.240 e. The minimum atomic E-state index is -3.78. The Balaban J connectivity index is 2.37. The van der Waals surface area contributed by atoms with Crippen molar-refractivity contribution in [3.05, 3.63) is 18.2 Å². The van der Waals surface area contributed by atoms with Crippen LogP contribution in [0.25, 0.3) is 0 Å². The van der Waals surface area contributed by atoms with E-state index in [9.17, 15) is 8.42 Å². The highest BCUT2D eigenvalue weighted by Gasteiger charge is 2.35. The molecule has 1 heterocycles. The van der Waals surface area contributed by atoms with Gasteiger partial charge in [0.15, 0.2) is 0 Å². The molecule has 0 aromatic heterocycles. The van der Waals surface area contributed by atoms with Crippen LogP contribution in [0.3, 0.4) is 0 Å². The third-order valence-corrected chi connectivity index (χ3v) is 5.60. The molecule has 0 atom stereocenters. The van der Waals surface area contributed by atoms with Crippen molar-refractivity contribution in [3.63, 3.8) is 0 Å². The van der Waals surface area contributed by atoms with Crippen LogP contribution in [0.15, 0.2) is 23.1 Å². The summed E-state index contributed by atoms with van der Waals surface area (Å²) < 4.78 is 23.1. The molecule has 1 aromatic carbocycles. The third-order valence-electron chi connectivity index (χ3n) is 4.63. The zero-order valence-corrected chi connectivity index (χ0v) is 12.9. The lowest BCUT2D eigenvalue weighted by Gasteiger charge is -2.28. The van der Waals surface area contributed by atoms with Gasteiger partial charge in [0, 0.05) is 13.1 Å². The summed E-state index contributed by atoms with van der Waals surface area (Å²) >= 11 is 0. The Bertz CT molecular complexity index is 594. The van der Waals surface area contributed by atoms with Crippen LogP contribution >= 0.6 is 0 Å². The molecule has 4 N–H and O–H groups in total. The van der Waals surface area contributed by atoms with Crippen LogP contribution in [0.5, 0.6) is 0 Å². The van der Waals surface area contributed by atoms with Gasteiger partial charge < -0.3 is 10.6 Å². The van der Waals surface area contributed by atoms with Gasteiger partial charge in [0.1, 0.15) is 4.90 Å². The van der Waals surface area contributed by atoms with Gasteiger partial charge in [-0.2, -0.15) is 0 Å².